The largest absolute Gasteiger partial charge is 0.416 e. The summed E-state index contributed by atoms with van der Waals surface area (Å²) in [6.45, 7) is 4.20. The summed E-state index contributed by atoms with van der Waals surface area (Å²) in [5, 5.41) is 7.22. The molecule has 0 bridgehead atoms. The van der Waals surface area contributed by atoms with Crippen molar-refractivity contribution in [3.8, 4) is 16.9 Å². The van der Waals surface area contributed by atoms with E-state index in [1.807, 2.05) is 24.3 Å². The van der Waals surface area contributed by atoms with Crippen LogP contribution in [-0.2, 0) is 6.18 Å². The van der Waals surface area contributed by atoms with Gasteiger partial charge in [-0.3, -0.25) is 4.79 Å². The Balaban J connectivity index is 1.52. The molecular weight excluding hydrogens is 441 g/mol. The molecule has 3 aromatic carbocycles. The number of amides is 1. The molecule has 174 valence electrons. The molecule has 1 heterocycles. The molecular formula is C26H23F3N4O. The molecule has 0 radical (unpaired) electrons. The van der Waals surface area contributed by atoms with Gasteiger partial charge in [-0.1, -0.05) is 38.1 Å². The number of nitrogens with two attached hydrogens (primary N) is 1. The lowest BCUT2D eigenvalue weighted by molar-refractivity contribution is -0.137. The van der Waals surface area contributed by atoms with Gasteiger partial charge in [0.05, 0.1) is 16.9 Å². The maximum absolute atomic E-state index is 13.0. The van der Waals surface area contributed by atoms with Gasteiger partial charge >= 0.3 is 6.18 Å². The fraction of sp³-hybridized carbons (Fsp3) is 0.154. The summed E-state index contributed by atoms with van der Waals surface area (Å²) in [7, 11) is 0. The number of nitrogens with one attached hydrogen (secondary N) is 1. The second kappa shape index (κ2) is 9.05. The number of carbonyl (C=O) groups is 1. The molecule has 0 aliphatic heterocycles. The number of benzene rings is 3. The van der Waals surface area contributed by atoms with Gasteiger partial charge in [0.25, 0.3) is 5.91 Å². The third kappa shape index (κ3) is 4.96. The first-order valence-corrected chi connectivity index (χ1v) is 10.7. The van der Waals surface area contributed by atoms with Crippen molar-refractivity contribution in [1.29, 1.82) is 0 Å². The molecule has 5 nitrogen and oxygen atoms in total. The molecule has 0 atom stereocenters. The van der Waals surface area contributed by atoms with Gasteiger partial charge in [-0.2, -0.15) is 18.3 Å². The van der Waals surface area contributed by atoms with E-state index in [1.165, 1.54) is 22.4 Å². The predicted octanol–water partition coefficient (Wildman–Crippen LogP) is 6.52. The molecule has 0 aliphatic rings. The second-order valence-corrected chi connectivity index (χ2v) is 8.22. The molecule has 3 N–H and O–H groups in total. The zero-order valence-electron chi connectivity index (χ0n) is 18.6. The van der Waals surface area contributed by atoms with E-state index in [-0.39, 0.29) is 11.7 Å². The number of carbonyl (C=O) groups excluding carboxylic acids is 1. The lowest BCUT2D eigenvalue weighted by Crippen LogP contribution is -2.12. The van der Waals surface area contributed by atoms with E-state index >= 15 is 0 Å². The normalized spacial score (nSPS) is 11.6. The minimum Gasteiger partial charge on any atom is -0.384 e. The van der Waals surface area contributed by atoms with Gasteiger partial charge in [-0.05, 0) is 60.0 Å². The van der Waals surface area contributed by atoms with Crippen molar-refractivity contribution in [1.82, 2.24) is 9.78 Å². The Bertz CT molecular complexity index is 1310. The molecule has 0 aliphatic carbocycles. The van der Waals surface area contributed by atoms with Gasteiger partial charge in [-0.15, -0.1) is 0 Å². The Morgan fingerprint density at radius 3 is 2.26 bits per heavy atom. The Kier molecular flexibility index (Phi) is 6.15. The zero-order chi connectivity index (χ0) is 24.5. The van der Waals surface area contributed by atoms with Crippen molar-refractivity contribution in [2.24, 2.45) is 0 Å². The standard InChI is InChI=1S/C26H23F3N4O/c1-16(2)17-6-10-21(11-7-17)31-25(34)18-8-12-22(13-9-18)33-24(30)15-23(32-33)19-4-3-5-20(14-19)26(27,28)29/h3-16H,30H2,1-2H3,(H,31,34). The van der Waals surface area contributed by atoms with E-state index in [0.29, 0.717) is 34.1 Å². The molecule has 4 rings (SSSR count). The lowest BCUT2D eigenvalue weighted by atomic mass is 10.0. The number of anilines is 2. The fourth-order valence-electron chi connectivity index (χ4n) is 3.51. The van der Waals surface area contributed by atoms with Crippen LogP contribution in [0.2, 0.25) is 0 Å². The lowest BCUT2D eigenvalue weighted by Gasteiger charge is -2.09. The van der Waals surface area contributed by atoms with E-state index in [2.05, 4.69) is 24.3 Å². The molecule has 0 unspecified atom stereocenters. The topological polar surface area (TPSA) is 72.9 Å². The minimum absolute atomic E-state index is 0.259. The van der Waals surface area contributed by atoms with Gasteiger partial charge in [0.2, 0.25) is 0 Å². The highest BCUT2D eigenvalue weighted by Gasteiger charge is 2.30. The van der Waals surface area contributed by atoms with Crippen molar-refractivity contribution in [3.63, 3.8) is 0 Å². The van der Waals surface area contributed by atoms with Crippen LogP contribution in [0.1, 0.15) is 41.3 Å². The fourth-order valence-corrected chi connectivity index (χ4v) is 3.51. The van der Waals surface area contributed by atoms with Crippen molar-refractivity contribution in [2.75, 3.05) is 11.1 Å². The summed E-state index contributed by atoms with van der Waals surface area (Å²) in [6.07, 6.45) is -4.45. The highest BCUT2D eigenvalue weighted by molar-refractivity contribution is 6.04. The Morgan fingerprint density at radius 1 is 0.971 bits per heavy atom. The maximum Gasteiger partial charge on any atom is 0.416 e. The summed E-state index contributed by atoms with van der Waals surface area (Å²) in [4.78, 5) is 12.6. The summed E-state index contributed by atoms with van der Waals surface area (Å²) in [6, 6.07) is 20.7. The van der Waals surface area contributed by atoms with E-state index in [4.69, 9.17) is 5.73 Å². The van der Waals surface area contributed by atoms with Crippen LogP contribution in [-0.4, -0.2) is 15.7 Å². The molecule has 8 heteroatoms. The van der Waals surface area contributed by atoms with Crippen LogP contribution in [0.4, 0.5) is 24.7 Å². The summed E-state index contributed by atoms with van der Waals surface area (Å²) >= 11 is 0. The SMILES string of the molecule is CC(C)c1ccc(NC(=O)c2ccc(-n3nc(-c4cccc(C(F)(F)F)c4)cc3N)cc2)cc1. The number of halogens is 3. The van der Waals surface area contributed by atoms with Crippen LogP contribution < -0.4 is 11.1 Å². The van der Waals surface area contributed by atoms with E-state index in [1.54, 1.807) is 30.3 Å². The molecule has 4 aromatic rings. The Hall–Kier alpha value is -4.07. The first-order chi connectivity index (χ1) is 16.1. The third-order valence-electron chi connectivity index (χ3n) is 5.43. The predicted molar refractivity (Wildman–Crippen MR) is 127 cm³/mol. The third-order valence-corrected chi connectivity index (χ3v) is 5.43. The van der Waals surface area contributed by atoms with Crippen molar-refractivity contribution < 1.29 is 18.0 Å². The molecule has 1 amide bonds. The smallest absolute Gasteiger partial charge is 0.384 e. The van der Waals surface area contributed by atoms with E-state index < -0.39 is 11.7 Å². The second-order valence-electron chi connectivity index (χ2n) is 8.22. The highest BCUT2D eigenvalue weighted by Crippen LogP contribution is 2.32. The molecule has 1 aromatic heterocycles. The first-order valence-electron chi connectivity index (χ1n) is 10.7. The van der Waals surface area contributed by atoms with Crippen LogP contribution >= 0.6 is 0 Å². The number of hydrogen-bond acceptors (Lipinski definition) is 3. The van der Waals surface area contributed by atoms with E-state index in [9.17, 15) is 18.0 Å². The van der Waals surface area contributed by atoms with Crippen molar-refractivity contribution in [2.45, 2.75) is 25.9 Å². The molecule has 0 spiro atoms. The van der Waals surface area contributed by atoms with Gasteiger partial charge in [-0.25, -0.2) is 4.68 Å². The summed E-state index contributed by atoms with van der Waals surface area (Å²) < 4.78 is 40.5. The van der Waals surface area contributed by atoms with Crippen molar-refractivity contribution >= 4 is 17.4 Å². The van der Waals surface area contributed by atoms with Crippen molar-refractivity contribution in [3.05, 3.63) is 95.6 Å². The van der Waals surface area contributed by atoms with Crippen LogP contribution in [0, 0.1) is 0 Å². The average Bonchev–Trinajstić information content (AvgIpc) is 3.20. The summed E-state index contributed by atoms with van der Waals surface area (Å²) in [5.41, 5.74) is 8.83. The first kappa shape index (κ1) is 23.1. The van der Waals surface area contributed by atoms with Crippen LogP contribution in [0.5, 0.6) is 0 Å². The molecule has 0 saturated carbocycles. The van der Waals surface area contributed by atoms with Crippen LogP contribution in [0.15, 0.2) is 78.9 Å². The van der Waals surface area contributed by atoms with Gasteiger partial charge in [0.1, 0.15) is 5.82 Å². The number of alkyl halides is 3. The van der Waals surface area contributed by atoms with Crippen LogP contribution in [0.3, 0.4) is 0 Å². The number of nitrogens with zero attached hydrogens (tertiary/aromatic N) is 2. The minimum atomic E-state index is -4.45. The Labute approximate surface area is 195 Å². The highest BCUT2D eigenvalue weighted by atomic mass is 19.4. The maximum atomic E-state index is 13.0. The number of aromatic nitrogens is 2. The number of rotatable bonds is 5. The van der Waals surface area contributed by atoms with Crippen LogP contribution in [0.25, 0.3) is 16.9 Å². The number of nitrogen functional groups attached to an aromatic ring is 1. The summed E-state index contributed by atoms with van der Waals surface area (Å²) in [5.74, 6) is 0.401. The zero-order valence-corrected chi connectivity index (χ0v) is 18.6. The average molecular weight is 464 g/mol. The Morgan fingerprint density at radius 2 is 1.65 bits per heavy atom. The number of hydrogen-bond donors (Lipinski definition) is 2. The van der Waals surface area contributed by atoms with E-state index in [0.717, 1.165) is 12.1 Å². The molecule has 0 fully saturated rings. The van der Waals surface area contributed by atoms with Gasteiger partial charge in [0, 0.05) is 22.9 Å². The quantitative estimate of drug-likeness (QED) is 0.353. The molecule has 0 saturated heterocycles. The van der Waals surface area contributed by atoms with Gasteiger partial charge in [0.15, 0.2) is 0 Å². The monoisotopic (exact) mass is 464 g/mol. The van der Waals surface area contributed by atoms with Gasteiger partial charge < -0.3 is 11.1 Å². The molecule has 34 heavy (non-hydrogen) atoms.